The fourth-order valence-corrected chi connectivity index (χ4v) is 4.97. The predicted molar refractivity (Wildman–Crippen MR) is 126 cm³/mol. The minimum Gasteiger partial charge on any atom is -0.506 e. The van der Waals surface area contributed by atoms with Crippen LogP contribution >= 0.6 is 0 Å². The molecule has 0 spiro atoms. The fourth-order valence-electron chi connectivity index (χ4n) is 4.97. The van der Waals surface area contributed by atoms with E-state index in [0.717, 1.165) is 23.9 Å². The first-order chi connectivity index (χ1) is 15.1. The molecule has 2 aromatic carbocycles. The second kappa shape index (κ2) is 8.13. The van der Waals surface area contributed by atoms with Crippen LogP contribution in [0, 0.1) is 0 Å². The highest BCUT2D eigenvalue weighted by Gasteiger charge is 2.38. The number of phenols is 1. The Labute approximate surface area is 188 Å². The Balaban J connectivity index is 1.61. The SMILES string of the molecule is CCOc1cc(C(=O)NC2CC(C)(C)NC(C)(C)C2)ccc1-c1nc2c(O)cccc2[nH]1. The maximum Gasteiger partial charge on any atom is 0.251 e. The van der Waals surface area contributed by atoms with Crippen LogP contribution in [0.1, 0.15) is 57.8 Å². The van der Waals surface area contributed by atoms with Gasteiger partial charge in [-0.1, -0.05) is 6.07 Å². The van der Waals surface area contributed by atoms with Gasteiger partial charge in [0.2, 0.25) is 0 Å². The number of phenolic OH excluding ortho intramolecular Hbond substituents is 1. The molecule has 1 fully saturated rings. The number of aromatic hydroxyl groups is 1. The first-order valence-electron chi connectivity index (χ1n) is 11.1. The minimum atomic E-state index is -0.113. The van der Waals surface area contributed by atoms with Crippen molar-refractivity contribution in [2.75, 3.05) is 6.61 Å². The normalized spacial score (nSPS) is 17.9. The number of carbonyl (C=O) groups excluding carboxylic acids is 1. The van der Waals surface area contributed by atoms with Crippen molar-refractivity contribution in [1.29, 1.82) is 0 Å². The number of aromatic amines is 1. The molecule has 0 saturated carbocycles. The van der Waals surface area contributed by atoms with E-state index < -0.39 is 0 Å². The van der Waals surface area contributed by atoms with Gasteiger partial charge in [0, 0.05) is 22.7 Å². The van der Waals surface area contributed by atoms with E-state index in [1.807, 2.05) is 19.1 Å². The summed E-state index contributed by atoms with van der Waals surface area (Å²) < 4.78 is 5.85. The second-order valence-electron chi connectivity index (χ2n) is 9.87. The maximum atomic E-state index is 13.1. The summed E-state index contributed by atoms with van der Waals surface area (Å²) in [5, 5.41) is 16.9. The monoisotopic (exact) mass is 436 g/mol. The third kappa shape index (κ3) is 4.58. The zero-order chi connectivity index (χ0) is 23.1. The Morgan fingerprint density at radius 2 is 1.91 bits per heavy atom. The Morgan fingerprint density at radius 3 is 2.56 bits per heavy atom. The number of hydrogen-bond donors (Lipinski definition) is 4. The second-order valence-corrected chi connectivity index (χ2v) is 9.87. The molecule has 1 aliphatic heterocycles. The number of aromatic nitrogens is 2. The third-order valence-corrected chi connectivity index (χ3v) is 5.82. The number of benzene rings is 2. The molecule has 7 nitrogen and oxygen atoms in total. The van der Waals surface area contributed by atoms with Crippen molar-refractivity contribution in [1.82, 2.24) is 20.6 Å². The molecule has 0 aliphatic carbocycles. The molecule has 1 aromatic heterocycles. The number of hydrogen-bond acceptors (Lipinski definition) is 5. The highest BCUT2D eigenvalue weighted by Crippen LogP contribution is 2.33. The van der Waals surface area contributed by atoms with Gasteiger partial charge >= 0.3 is 0 Å². The van der Waals surface area contributed by atoms with Gasteiger partial charge in [-0.2, -0.15) is 0 Å². The van der Waals surface area contributed by atoms with E-state index in [9.17, 15) is 9.90 Å². The molecule has 7 heteroatoms. The number of nitrogens with one attached hydrogen (secondary N) is 3. The Hall–Kier alpha value is -3.06. The van der Waals surface area contributed by atoms with Gasteiger partial charge in [0.1, 0.15) is 22.8 Å². The van der Waals surface area contributed by atoms with Crippen molar-refractivity contribution in [3.8, 4) is 22.9 Å². The molecule has 0 bridgehead atoms. The van der Waals surface area contributed by atoms with Crippen LogP contribution < -0.4 is 15.4 Å². The summed E-state index contributed by atoms with van der Waals surface area (Å²) >= 11 is 0. The van der Waals surface area contributed by atoms with E-state index in [1.54, 1.807) is 24.3 Å². The lowest BCUT2D eigenvalue weighted by Gasteiger charge is -2.46. The average Bonchev–Trinajstić information content (AvgIpc) is 3.11. The molecular formula is C25H32N4O3. The molecule has 1 saturated heterocycles. The molecular weight excluding hydrogens is 404 g/mol. The van der Waals surface area contributed by atoms with Crippen molar-refractivity contribution in [2.45, 2.75) is 64.6 Å². The summed E-state index contributed by atoms with van der Waals surface area (Å²) in [5.41, 5.74) is 2.43. The number of fused-ring (bicyclic) bond motifs is 1. The Bertz CT molecular complexity index is 1130. The molecule has 0 radical (unpaired) electrons. The van der Waals surface area contributed by atoms with Crippen LogP contribution in [-0.2, 0) is 0 Å². The summed E-state index contributed by atoms with van der Waals surface area (Å²) in [6.45, 7) is 11.0. The first kappa shape index (κ1) is 22.1. The van der Waals surface area contributed by atoms with E-state index in [-0.39, 0.29) is 28.8 Å². The van der Waals surface area contributed by atoms with Crippen molar-refractivity contribution < 1.29 is 14.6 Å². The summed E-state index contributed by atoms with van der Waals surface area (Å²) in [6, 6.07) is 10.7. The van der Waals surface area contributed by atoms with Gasteiger partial charge in [0.25, 0.3) is 5.91 Å². The highest BCUT2D eigenvalue weighted by atomic mass is 16.5. The van der Waals surface area contributed by atoms with Gasteiger partial charge in [-0.3, -0.25) is 4.79 Å². The average molecular weight is 437 g/mol. The van der Waals surface area contributed by atoms with E-state index in [2.05, 4.69) is 48.3 Å². The topological polar surface area (TPSA) is 99.3 Å². The number of carbonyl (C=O) groups is 1. The zero-order valence-electron chi connectivity index (χ0n) is 19.4. The molecule has 0 unspecified atom stereocenters. The number of para-hydroxylation sites is 1. The van der Waals surface area contributed by atoms with Crippen LogP contribution in [0.5, 0.6) is 11.5 Å². The Kier molecular flexibility index (Phi) is 5.63. The summed E-state index contributed by atoms with van der Waals surface area (Å²) in [4.78, 5) is 20.8. The van der Waals surface area contributed by atoms with Crippen molar-refractivity contribution in [3.05, 3.63) is 42.0 Å². The van der Waals surface area contributed by atoms with Gasteiger partial charge in [0.05, 0.1) is 17.7 Å². The molecule has 170 valence electrons. The fraction of sp³-hybridized carbons (Fsp3) is 0.440. The first-order valence-corrected chi connectivity index (χ1v) is 11.1. The molecule has 4 N–H and O–H groups in total. The van der Waals surface area contributed by atoms with Crippen LogP contribution in [0.25, 0.3) is 22.4 Å². The zero-order valence-corrected chi connectivity index (χ0v) is 19.4. The van der Waals surface area contributed by atoms with Gasteiger partial charge in [-0.25, -0.2) is 4.98 Å². The minimum absolute atomic E-state index is 0.0487. The molecule has 3 aromatic rings. The predicted octanol–water partition coefficient (Wildman–Crippen LogP) is 4.37. The van der Waals surface area contributed by atoms with Gasteiger partial charge in [-0.15, -0.1) is 0 Å². The van der Waals surface area contributed by atoms with Crippen LogP contribution in [0.3, 0.4) is 0 Å². The summed E-state index contributed by atoms with van der Waals surface area (Å²) in [6.07, 6.45) is 1.72. The molecule has 32 heavy (non-hydrogen) atoms. The van der Waals surface area contributed by atoms with Crippen LogP contribution in [0.15, 0.2) is 36.4 Å². The van der Waals surface area contributed by atoms with E-state index in [1.165, 1.54) is 0 Å². The number of nitrogens with zero attached hydrogens (tertiary/aromatic N) is 1. The maximum absolute atomic E-state index is 13.1. The van der Waals surface area contributed by atoms with Gasteiger partial charge < -0.3 is 25.5 Å². The van der Waals surface area contributed by atoms with Crippen LogP contribution in [0.2, 0.25) is 0 Å². The lowest BCUT2D eigenvalue weighted by atomic mass is 9.79. The number of H-pyrrole nitrogens is 1. The van der Waals surface area contributed by atoms with Crippen LogP contribution in [0.4, 0.5) is 0 Å². The van der Waals surface area contributed by atoms with Crippen LogP contribution in [-0.4, -0.2) is 44.7 Å². The number of piperidine rings is 1. The Morgan fingerprint density at radius 1 is 1.19 bits per heavy atom. The third-order valence-electron chi connectivity index (χ3n) is 5.82. The van der Waals surface area contributed by atoms with E-state index in [4.69, 9.17) is 4.74 Å². The quantitative estimate of drug-likeness (QED) is 0.476. The van der Waals surface area contributed by atoms with Gasteiger partial charge in [-0.05, 0) is 77.8 Å². The standard InChI is InChI=1S/C25H32N4O3/c1-6-32-20-12-15(23(31)26-16-13-24(2,3)29-25(4,5)14-16)10-11-17(20)22-27-18-8-7-9-19(30)21(18)28-22/h7-12,16,29-30H,6,13-14H2,1-5H3,(H,26,31)(H,27,28). The lowest BCUT2D eigenvalue weighted by molar-refractivity contribution is 0.0872. The van der Waals surface area contributed by atoms with Crippen molar-refractivity contribution in [3.63, 3.8) is 0 Å². The number of amides is 1. The van der Waals surface area contributed by atoms with E-state index in [0.29, 0.717) is 29.3 Å². The smallest absolute Gasteiger partial charge is 0.251 e. The van der Waals surface area contributed by atoms with Crippen molar-refractivity contribution >= 4 is 16.9 Å². The number of ether oxygens (including phenoxy) is 1. The number of imidazole rings is 1. The largest absolute Gasteiger partial charge is 0.506 e. The molecule has 4 rings (SSSR count). The molecule has 0 atom stereocenters. The highest BCUT2D eigenvalue weighted by molar-refractivity contribution is 5.96. The number of rotatable bonds is 5. The molecule has 1 amide bonds. The molecule has 2 heterocycles. The lowest BCUT2D eigenvalue weighted by Crippen LogP contribution is -2.62. The summed E-state index contributed by atoms with van der Waals surface area (Å²) in [5.74, 6) is 1.16. The summed E-state index contributed by atoms with van der Waals surface area (Å²) in [7, 11) is 0. The van der Waals surface area contributed by atoms with Crippen molar-refractivity contribution in [2.24, 2.45) is 0 Å². The van der Waals surface area contributed by atoms with E-state index >= 15 is 0 Å². The molecule has 1 aliphatic rings. The van der Waals surface area contributed by atoms with Gasteiger partial charge in [0.15, 0.2) is 0 Å².